The number of hydrogen-bond donors (Lipinski definition) is 3. The summed E-state index contributed by atoms with van der Waals surface area (Å²) >= 11 is 6.51. The van der Waals surface area contributed by atoms with Crippen LogP contribution in [0, 0.1) is 0 Å². The average molecular weight is 491 g/mol. The van der Waals surface area contributed by atoms with Crippen LogP contribution in [0.4, 0.5) is 11.5 Å². The summed E-state index contributed by atoms with van der Waals surface area (Å²) in [5, 5.41) is 11.6. The molecule has 4 aromatic rings. The third-order valence-electron chi connectivity index (χ3n) is 5.84. The highest BCUT2D eigenvalue weighted by Gasteiger charge is 2.27. The van der Waals surface area contributed by atoms with Crippen LogP contribution in [0.1, 0.15) is 12.6 Å². The Morgan fingerprint density at radius 3 is 2.74 bits per heavy atom. The van der Waals surface area contributed by atoms with Crippen LogP contribution >= 0.6 is 11.6 Å². The van der Waals surface area contributed by atoms with Crippen molar-refractivity contribution in [1.29, 1.82) is 0 Å². The number of ether oxygens (including phenoxy) is 2. The van der Waals surface area contributed by atoms with Gasteiger partial charge in [0.25, 0.3) is 0 Å². The largest absolute Gasteiger partial charge is 0.491 e. The van der Waals surface area contributed by atoms with Crippen LogP contribution in [0.3, 0.4) is 0 Å². The Kier molecular flexibility index (Phi) is 6.94. The topological polar surface area (TPSA) is 93.2 Å². The molecular formula is C26H27ClN6O2. The number of fused-ring (bicyclic) bond motifs is 1. The fourth-order valence-electron chi connectivity index (χ4n) is 3.98. The van der Waals surface area contributed by atoms with Crippen LogP contribution in [0.15, 0.2) is 67.1 Å². The van der Waals surface area contributed by atoms with Gasteiger partial charge in [-0.1, -0.05) is 23.7 Å². The van der Waals surface area contributed by atoms with Crippen LogP contribution in [0.2, 0.25) is 5.02 Å². The molecule has 1 fully saturated rings. The first kappa shape index (κ1) is 23.3. The molecule has 180 valence electrons. The lowest BCUT2D eigenvalue weighted by molar-refractivity contribution is 0.176. The molecule has 3 heterocycles. The third kappa shape index (κ3) is 5.62. The number of pyridine rings is 1. The number of aromatic nitrogens is 3. The molecule has 0 aliphatic carbocycles. The molecule has 1 aliphatic rings. The van der Waals surface area contributed by atoms with Gasteiger partial charge in [-0.3, -0.25) is 4.98 Å². The quantitative estimate of drug-likeness (QED) is 0.336. The van der Waals surface area contributed by atoms with E-state index in [0.29, 0.717) is 29.8 Å². The minimum atomic E-state index is -0.151. The molecule has 0 unspecified atom stereocenters. The lowest BCUT2D eigenvalue weighted by Gasteiger charge is -2.35. The molecule has 1 saturated heterocycles. The molecule has 0 spiro atoms. The summed E-state index contributed by atoms with van der Waals surface area (Å²) in [6.07, 6.45) is 3.27. The number of benzene rings is 2. The third-order valence-corrected chi connectivity index (χ3v) is 6.13. The normalized spacial score (nSPS) is 17.8. The van der Waals surface area contributed by atoms with E-state index in [1.165, 1.54) is 6.33 Å². The first-order valence-electron chi connectivity index (χ1n) is 11.5. The van der Waals surface area contributed by atoms with Gasteiger partial charge in [0.15, 0.2) is 0 Å². The Bertz CT molecular complexity index is 1290. The van der Waals surface area contributed by atoms with Crippen molar-refractivity contribution in [2.45, 2.75) is 19.1 Å². The van der Waals surface area contributed by atoms with Gasteiger partial charge < -0.3 is 25.4 Å². The molecule has 35 heavy (non-hydrogen) atoms. The van der Waals surface area contributed by atoms with Gasteiger partial charge >= 0.3 is 0 Å². The second-order valence-electron chi connectivity index (χ2n) is 8.71. The second-order valence-corrected chi connectivity index (χ2v) is 9.11. The molecule has 0 bridgehead atoms. The second kappa shape index (κ2) is 10.4. The van der Waals surface area contributed by atoms with Crippen molar-refractivity contribution in [3.63, 3.8) is 0 Å². The predicted octanol–water partition coefficient (Wildman–Crippen LogP) is 4.33. The van der Waals surface area contributed by atoms with Crippen molar-refractivity contribution < 1.29 is 9.47 Å². The zero-order valence-electron chi connectivity index (χ0n) is 19.4. The highest BCUT2D eigenvalue weighted by Crippen LogP contribution is 2.34. The Labute approximate surface area is 209 Å². The van der Waals surface area contributed by atoms with Crippen molar-refractivity contribution in [2.75, 3.05) is 31.6 Å². The fourth-order valence-corrected chi connectivity index (χ4v) is 4.21. The van der Waals surface area contributed by atoms with E-state index in [4.69, 9.17) is 21.1 Å². The highest BCUT2D eigenvalue weighted by molar-refractivity contribution is 6.32. The minimum Gasteiger partial charge on any atom is -0.491 e. The van der Waals surface area contributed by atoms with Crippen LogP contribution in [-0.4, -0.2) is 46.7 Å². The van der Waals surface area contributed by atoms with Crippen molar-refractivity contribution in [2.24, 2.45) is 0 Å². The predicted molar refractivity (Wildman–Crippen MR) is 138 cm³/mol. The minimum absolute atomic E-state index is 0.151. The standard InChI is InChI=1S/C26H27ClN6O2/c1-26(15-28-11-12-32-26)16-35-23-7-4-6-21-24(23)25(31-17-30-21)33-18-8-9-22(20(27)13-18)34-14-19-5-2-3-10-29-19/h2-10,13,17,28,32H,11-12,14-16H2,1H3,(H,30,31,33)/t26-/m0/s1. The van der Waals surface area contributed by atoms with E-state index in [2.05, 4.69) is 37.8 Å². The zero-order chi connectivity index (χ0) is 24.1. The number of piperazine rings is 1. The summed E-state index contributed by atoms with van der Waals surface area (Å²) in [7, 11) is 0. The van der Waals surface area contributed by atoms with E-state index >= 15 is 0 Å². The summed E-state index contributed by atoms with van der Waals surface area (Å²) < 4.78 is 12.1. The van der Waals surface area contributed by atoms with Crippen LogP contribution in [0.25, 0.3) is 10.9 Å². The lowest BCUT2D eigenvalue weighted by Crippen LogP contribution is -2.60. The molecule has 2 aromatic heterocycles. The van der Waals surface area contributed by atoms with Gasteiger partial charge in [0.05, 0.1) is 27.2 Å². The molecule has 3 N–H and O–H groups in total. The fraction of sp³-hybridized carbons (Fsp3) is 0.269. The van der Waals surface area contributed by atoms with E-state index in [-0.39, 0.29) is 5.54 Å². The Morgan fingerprint density at radius 1 is 1.00 bits per heavy atom. The number of nitrogens with one attached hydrogen (secondary N) is 3. The van der Waals surface area contributed by atoms with Crippen molar-refractivity contribution >= 4 is 34.0 Å². The molecule has 5 rings (SSSR count). The summed E-state index contributed by atoms with van der Waals surface area (Å²) in [6.45, 7) is 5.72. The first-order chi connectivity index (χ1) is 17.1. The van der Waals surface area contributed by atoms with E-state index in [1.807, 2.05) is 54.6 Å². The number of halogens is 1. The summed E-state index contributed by atoms with van der Waals surface area (Å²) in [4.78, 5) is 13.2. The van der Waals surface area contributed by atoms with Gasteiger partial charge in [-0.05, 0) is 49.4 Å². The molecule has 9 heteroatoms. The maximum Gasteiger partial charge on any atom is 0.145 e. The number of nitrogens with zero attached hydrogens (tertiary/aromatic N) is 3. The van der Waals surface area contributed by atoms with Crippen molar-refractivity contribution in [3.05, 3.63) is 77.8 Å². The molecule has 0 saturated carbocycles. The highest BCUT2D eigenvalue weighted by atomic mass is 35.5. The van der Waals surface area contributed by atoms with Gasteiger partial charge in [-0.25, -0.2) is 9.97 Å². The monoisotopic (exact) mass is 490 g/mol. The number of anilines is 2. The van der Waals surface area contributed by atoms with Gasteiger partial charge in [0, 0.05) is 31.5 Å². The van der Waals surface area contributed by atoms with Gasteiger partial charge in [-0.2, -0.15) is 0 Å². The zero-order valence-corrected chi connectivity index (χ0v) is 20.2. The van der Waals surface area contributed by atoms with Crippen molar-refractivity contribution in [1.82, 2.24) is 25.6 Å². The van der Waals surface area contributed by atoms with E-state index in [0.717, 1.165) is 47.7 Å². The van der Waals surface area contributed by atoms with E-state index in [1.54, 1.807) is 6.20 Å². The molecular weight excluding hydrogens is 464 g/mol. The summed E-state index contributed by atoms with van der Waals surface area (Å²) in [5.41, 5.74) is 2.25. The number of rotatable bonds is 8. The average Bonchev–Trinajstić information content (AvgIpc) is 2.88. The van der Waals surface area contributed by atoms with Gasteiger partial charge in [0.2, 0.25) is 0 Å². The van der Waals surface area contributed by atoms with Gasteiger partial charge in [0.1, 0.15) is 36.9 Å². The first-order valence-corrected chi connectivity index (χ1v) is 11.9. The van der Waals surface area contributed by atoms with Crippen LogP contribution in [0.5, 0.6) is 11.5 Å². The van der Waals surface area contributed by atoms with E-state index in [9.17, 15) is 0 Å². The Hall–Kier alpha value is -3.46. The smallest absolute Gasteiger partial charge is 0.145 e. The Morgan fingerprint density at radius 2 is 1.94 bits per heavy atom. The summed E-state index contributed by atoms with van der Waals surface area (Å²) in [5.74, 6) is 1.95. The SMILES string of the molecule is C[C@@]1(COc2cccc3ncnc(Nc4ccc(OCc5ccccn5)c(Cl)c4)c23)CNCCN1. The maximum absolute atomic E-state index is 6.51. The van der Waals surface area contributed by atoms with E-state index < -0.39 is 0 Å². The van der Waals surface area contributed by atoms with Crippen LogP contribution < -0.4 is 25.4 Å². The maximum atomic E-state index is 6.51. The van der Waals surface area contributed by atoms with Crippen LogP contribution in [-0.2, 0) is 6.61 Å². The lowest BCUT2D eigenvalue weighted by atomic mass is 10.0. The summed E-state index contributed by atoms with van der Waals surface area (Å²) in [6, 6.07) is 17.1. The molecule has 0 radical (unpaired) electrons. The molecule has 8 nitrogen and oxygen atoms in total. The van der Waals surface area contributed by atoms with Gasteiger partial charge in [-0.15, -0.1) is 0 Å². The van der Waals surface area contributed by atoms with Crippen molar-refractivity contribution in [3.8, 4) is 11.5 Å². The molecule has 2 aromatic carbocycles. The molecule has 1 atom stereocenters. The molecule has 0 amide bonds. The number of hydrogen-bond acceptors (Lipinski definition) is 8. The molecule has 1 aliphatic heterocycles. The Balaban J connectivity index is 1.34.